The van der Waals surface area contributed by atoms with Gasteiger partial charge in [0.2, 0.25) is 0 Å². The molecular formula is C13H16ClNO2. The Bertz CT molecular complexity index is 414. The molecule has 0 aromatic heterocycles. The van der Waals surface area contributed by atoms with Gasteiger partial charge >= 0.3 is 0 Å². The maximum Gasteiger partial charge on any atom is 0.179 e. The van der Waals surface area contributed by atoms with Gasteiger partial charge in [-0.1, -0.05) is 18.0 Å². The minimum absolute atomic E-state index is 0.0618. The molecule has 0 amide bonds. The van der Waals surface area contributed by atoms with Crippen LogP contribution < -0.4 is 10.1 Å². The third-order valence-corrected chi connectivity index (χ3v) is 3.36. The standard InChI is InChI=1S/C13H16ClNO2/c1-17-12-6-5-9(8-10(12)14)13(16)11-4-2-3-7-15-11/h5-6,8,11,15H,2-4,7H2,1H3. The number of rotatable bonds is 3. The molecule has 4 heteroatoms. The summed E-state index contributed by atoms with van der Waals surface area (Å²) in [5, 5.41) is 3.72. The van der Waals surface area contributed by atoms with E-state index in [0.717, 1.165) is 25.8 Å². The predicted molar refractivity (Wildman–Crippen MR) is 68.0 cm³/mol. The first kappa shape index (κ1) is 12.4. The van der Waals surface area contributed by atoms with Crippen LogP contribution in [-0.4, -0.2) is 25.5 Å². The average molecular weight is 254 g/mol. The largest absolute Gasteiger partial charge is 0.495 e. The zero-order chi connectivity index (χ0) is 12.3. The van der Waals surface area contributed by atoms with Crippen LogP contribution in [-0.2, 0) is 0 Å². The Labute approximate surface area is 106 Å². The number of halogens is 1. The van der Waals surface area contributed by atoms with E-state index in [1.165, 1.54) is 0 Å². The summed E-state index contributed by atoms with van der Waals surface area (Å²) in [5.74, 6) is 0.717. The molecule has 92 valence electrons. The molecule has 1 aromatic rings. The van der Waals surface area contributed by atoms with Crippen molar-refractivity contribution in [1.82, 2.24) is 5.32 Å². The monoisotopic (exact) mass is 253 g/mol. The number of benzene rings is 1. The van der Waals surface area contributed by atoms with Crippen molar-refractivity contribution >= 4 is 17.4 Å². The van der Waals surface area contributed by atoms with E-state index in [-0.39, 0.29) is 11.8 Å². The van der Waals surface area contributed by atoms with E-state index < -0.39 is 0 Å². The number of hydrogen-bond donors (Lipinski definition) is 1. The lowest BCUT2D eigenvalue weighted by molar-refractivity contribution is 0.0927. The molecule has 1 N–H and O–H groups in total. The van der Waals surface area contributed by atoms with Crippen LogP contribution in [0.15, 0.2) is 18.2 Å². The molecule has 3 nitrogen and oxygen atoms in total. The van der Waals surface area contributed by atoms with Gasteiger partial charge in [-0.15, -0.1) is 0 Å². The summed E-state index contributed by atoms with van der Waals surface area (Å²) < 4.78 is 5.07. The average Bonchev–Trinajstić information content (AvgIpc) is 2.39. The number of ether oxygens (including phenoxy) is 1. The van der Waals surface area contributed by atoms with Gasteiger partial charge in [-0.25, -0.2) is 0 Å². The summed E-state index contributed by atoms with van der Waals surface area (Å²) in [5.41, 5.74) is 0.648. The fourth-order valence-corrected chi connectivity index (χ4v) is 2.35. The summed E-state index contributed by atoms with van der Waals surface area (Å²) in [7, 11) is 1.56. The molecule has 0 aliphatic carbocycles. The van der Waals surface area contributed by atoms with Crippen molar-refractivity contribution in [2.45, 2.75) is 25.3 Å². The lowest BCUT2D eigenvalue weighted by atomic mass is 9.96. The minimum Gasteiger partial charge on any atom is -0.495 e. The SMILES string of the molecule is COc1ccc(C(=O)C2CCCCN2)cc1Cl. The molecule has 2 rings (SSSR count). The van der Waals surface area contributed by atoms with Crippen LogP contribution in [0.25, 0.3) is 0 Å². The topological polar surface area (TPSA) is 38.3 Å². The Kier molecular flexibility index (Phi) is 4.02. The van der Waals surface area contributed by atoms with E-state index >= 15 is 0 Å². The molecule has 0 radical (unpaired) electrons. The van der Waals surface area contributed by atoms with Crippen molar-refractivity contribution in [3.05, 3.63) is 28.8 Å². The maximum atomic E-state index is 12.2. The van der Waals surface area contributed by atoms with Crippen LogP contribution in [0.2, 0.25) is 5.02 Å². The second kappa shape index (κ2) is 5.52. The third-order valence-electron chi connectivity index (χ3n) is 3.06. The number of carbonyl (C=O) groups excluding carboxylic acids is 1. The van der Waals surface area contributed by atoms with E-state index in [2.05, 4.69) is 5.32 Å². The quantitative estimate of drug-likeness (QED) is 0.842. The smallest absolute Gasteiger partial charge is 0.179 e. The molecule has 1 heterocycles. The first-order chi connectivity index (χ1) is 8.22. The van der Waals surface area contributed by atoms with E-state index in [1.54, 1.807) is 25.3 Å². The van der Waals surface area contributed by atoms with E-state index in [1.807, 2.05) is 0 Å². The van der Waals surface area contributed by atoms with Crippen molar-refractivity contribution in [2.75, 3.05) is 13.7 Å². The summed E-state index contributed by atoms with van der Waals surface area (Å²) >= 11 is 6.01. The van der Waals surface area contributed by atoms with Crippen LogP contribution in [0.4, 0.5) is 0 Å². The highest BCUT2D eigenvalue weighted by Gasteiger charge is 2.22. The van der Waals surface area contributed by atoms with Gasteiger partial charge < -0.3 is 10.1 Å². The summed E-state index contributed by atoms with van der Waals surface area (Å²) in [4.78, 5) is 12.2. The summed E-state index contributed by atoms with van der Waals surface area (Å²) in [6.07, 6.45) is 3.16. The molecule has 1 saturated heterocycles. The predicted octanol–water partition coefficient (Wildman–Crippen LogP) is 2.67. The highest BCUT2D eigenvalue weighted by atomic mass is 35.5. The lowest BCUT2D eigenvalue weighted by Gasteiger charge is -2.22. The number of carbonyl (C=O) groups is 1. The Morgan fingerprint density at radius 3 is 2.88 bits per heavy atom. The molecule has 0 spiro atoms. The molecule has 0 saturated carbocycles. The summed E-state index contributed by atoms with van der Waals surface area (Å²) in [6, 6.07) is 5.12. The first-order valence-electron chi connectivity index (χ1n) is 5.83. The van der Waals surface area contributed by atoms with E-state index in [4.69, 9.17) is 16.3 Å². The van der Waals surface area contributed by atoms with Crippen molar-refractivity contribution in [2.24, 2.45) is 0 Å². The highest BCUT2D eigenvalue weighted by Crippen LogP contribution is 2.26. The number of methoxy groups -OCH3 is 1. The Hall–Kier alpha value is -1.06. The molecule has 1 atom stereocenters. The number of ketones is 1. The van der Waals surface area contributed by atoms with E-state index in [9.17, 15) is 4.79 Å². The van der Waals surface area contributed by atoms with Gasteiger partial charge in [0, 0.05) is 5.56 Å². The Morgan fingerprint density at radius 2 is 2.29 bits per heavy atom. The molecule has 1 unspecified atom stereocenters. The van der Waals surface area contributed by atoms with Crippen molar-refractivity contribution < 1.29 is 9.53 Å². The minimum atomic E-state index is -0.0618. The van der Waals surface area contributed by atoms with Gasteiger partial charge in [0.25, 0.3) is 0 Å². The zero-order valence-corrected chi connectivity index (χ0v) is 10.6. The van der Waals surface area contributed by atoms with Gasteiger partial charge in [-0.05, 0) is 37.6 Å². The van der Waals surface area contributed by atoms with Crippen LogP contribution in [0, 0.1) is 0 Å². The fourth-order valence-electron chi connectivity index (χ4n) is 2.10. The van der Waals surface area contributed by atoms with Gasteiger partial charge in [-0.2, -0.15) is 0 Å². The van der Waals surface area contributed by atoms with Crippen molar-refractivity contribution in [3.8, 4) is 5.75 Å². The number of piperidine rings is 1. The molecule has 1 fully saturated rings. The zero-order valence-electron chi connectivity index (χ0n) is 9.83. The number of hydrogen-bond acceptors (Lipinski definition) is 3. The first-order valence-corrected chi connectivity index (χ1v) is 6.21. The second-order valence-electron chi connectivity index (χ2n) is 4.22. The Morgan fingerprint density at radius 1 is 1.47 bits per heavy atom. The van der Waals surface area contributed by atoms with Gasteiger partial charge in [-0.3, -0.25) is 4.79 Å². The maximum absolute atomic E-state index is 12.2. The van der Waals surface area contributed by atoms with E-state index in [0.29, 0.717) is 16.3 Å². The van der Waals surface area contributed by atoms with Crippen LogP contribution in [0.3, 0.4) is 0 Å². The van der Waals surface area contributed by atoms with Crippen LogP contribution >= 0.6 is 11.6 Å². The fraction of sp³-hybridized carbons (Fsp3) is 0.462. The van der Waals surface area contributed by atoms with Crippen molar-refractivity contribution in [3.63, 3.8) is 0 Å². The number of Topliss-reactive ketones (excluding diaryl/α,β-unsaturated/α-hetero) is 1. The number of nitrogens with one attached hydrogen (secondary N) is 1. The highest BCUT2D eigenvalue weighted by molar-refractivity contribution is 6.32. The Balaban J connectivity index is 2.16. The van der Waals surface area contributed by atoms with Crippen molar-refractivity contribution in [1.29, 1.82) is 0 Å². The molecular weight excluding hydrogens is 238 g/mol. The summed E-state index contributed by atoms with van der Waals surface area (Å²) in [6.45, 7) is 0.917. The molecule has 1 aliphatic heterocycles. The van der Waals surface area contributed by atoms with Crippen LogP contribution in [0.1, 0.15) is 29.6 Å². The molecule has 1 aromatic carbocycles. The molecule has 1 aliphatic rings. The lowest BCUT2D eigenvalue weighted by Crippen LogP contribution is -2.40. The molecule has 0 bridgehead atoms. The normalized spacial score (nSPS) is 20.0. The third kappa shape index (κ3) is 2.79. The van der Waals surface area contributed by atoms with Gasteiger partial charge in [0.05, 0.1) is 18.2 Å². The molecule has 17 heavy (non-hydrogen) atoms. The van der Waals surface area contributed by atoms with Gasteiger partial charge in [0.1, 0.15) is 5.75 Å². The second-order valence-corrected chi connectivity index (χ2v) is 4.62. The van der Waals surface area contributed by atoms with Crippen LogP contribution in [0.5, 0.6) is 5.75 Å². The van der Waals surface area contributed by atoms with Gasteiger partial charge in [0.15, 0.2) is 5.78 Å².